The largest absolute Gasteiger partial charge is 1.00 e. The van der Waals surface area contributed by atoms with Crippen LogP contribution in [0.3, 0.4) is 0 Å². The number of phosphoric ester groups is 1. The molecule has 0 saturated carbocycles. The number of hydrogen-bond acceptors (Lipinski definition) is 9. The van der Waals surface area contributed by atoms with Gasteiger partial charge in [0.1, 0.15) is 12.9 Å². The molecule has 0 spiro atoms. The molecule has 10 nitrogen and oxygen atoms in total. The fraction of sp³-hybridized carbons (Fsp3) is 0.941. The Bertz CT molecular complexity index is 732. The number of esters is 1. The van der Waals surface area contributed by atoms with Crippen molar-refractivity contribution in [3.8, 4) is 0 Å². The van der Waals surface area contributed by atoms with Gasteiger partial charge >= 0.3 is 65.1 Å². The normalized spacial score (nSPS) is 11.8. The minimum atomic E-state index is -5.18. The maximum Gasteiger partial charge on any atom is 1.00 e. The van der Waals surface area contributed by atoms with E-state index in [1.807, 2.05) is 0 Å². The summed E-state index contributed by atoms with van der Waals surface area (Å²) in [6.45, 7) is 4.44. The third kappa shape index (κ3) is 44.9. The van der Waals surface area contributed by atoms with Gasteiger partial charge < -0.3 is 38.4 Å². The van der Waals surface area contributed by atoms with Crippen LogP contribution in [0.25, 0.3) is 0 Å². The van der Waals surface area contributed by atoms with Gasteiger partial charge in [0.15, 0.2) is 0 Å². The van der Waals surface area contributed by atoms with Crippen LogP contribution < -0.4 is 74.2 Å². The number of phosphoric acid groups is 1. The van der Waals surface area contributed by atoms with Crippen molar-refractivity contribution < 1.29 is 102 Å². The smallest absolute Gasteiger partial charge is 0.790 e. The number of amides is 1. The Kier molecular flexibility index (Phi) is 44.3. The maximum atomic E-state index is 12.2. The van der Waals surface area contributed by atoms with Crippen molar-refractivity contribution in [1.29, 1.82) is 0 Å². The minimum Gasteiger partial charge on any atom is -0.790 e. The van der Waals surface area contributed by atoms with E-state index in [9.17, 15) is 23.9 Å². The first-order valence-corrected chi connectivity index (χ1v) is 19.5. The molecule has 0 heterocycles. The third-order valence-corrected chi connectivity index (χ3v) is 8.23. The van der Waals surface area contributed by atoms with Crippen molar-refractivity contribution in [2.45, 2.75) is 174 Å². The summed E-state index contributed by atoms with van der Waals surface area (Å²) in [5, 5.41) is 2.83. The van der Waals surface area contributed by atoms with Gasteiger partial charge in [-0.3, -0.25) is 9.59 Å². The van der Waals surface area contributed by atoms with Crippen molar-refractivity contribution in [3.05, 3.63) is 0 Å². The average molecular weight is 710 g/mol. The van der Waals surface area contributed by atoms with Crippen molar-refractivity contribution in [1.82, 2.24) is 5.32 Å². The summed E-state index contributed by atoms with van der Waals surface area (Å²) in [4.78, 5) is 44.9. The van der Waals surface area contributed by atoms with E-state index >= 15 is 0 Å². The summed E-state index contributed by atoms with van der Waals surface area (Å²) < 4.78 is 31.5. The predicted octanol–water partition coefficient (Wildman–Crippen LogP) is 1.26. The Hall–Kier alpha value is 0.970. The van der Waals surface area contributed by atoms with Crippen molar-refractivity contribution in [2.24, 2.45) is 0 Å². The molecule has 0 bridgehead atoms. The first-order valence-electron chi connectivity index (χ1n) is 18.0. The van der Waals surface area contributed by atoms with E-state index in [0.717, 1.165) is 38.6 Å². The fourth-order valence-electron chi connectivity index (χ4n) is 5.13. The molecule has 0 aromatic rings. The van der Waals surface area contributed by atoms with Gasteiger partial charge in [0.2, 0.25) is 5.91 Å². The van der Waals surface area contributed by atoms with E-state index in [0.29, 0.717) is 13.0 Å². The molecule has 47 heavy (non-hydrogen) atoms. The van der Waals surface area contributed by atoms with Crippen LogP contribution >= 0.6 is 7.82 Å². The standard InChI is InChI=1S/C34H68NO9P.2Na/c1-3-4-5-6-7-8-11-14-17-20-23-26-34(37)44-33(30-43-45(38,39)40)29-42-31-41-28-25-22-19-16-13-10-9-12-15-18-21-24-27-35-32(2)36;;/h33H,3-31H2,1-2H3,(H,35,36)(H2,38,39,40);;/q;2*+1/p-2/t33-;;/m0../s1. The minimum absolute atomic E-state index is 0. The summed E-state index contributed by atoms with van der Waals surface area (Å²) in [6, 6.07) is 0. The Labute approximate surface area is 331 Å². The second kappa shape index (κ2) is 39.8. The average Bonchev–Trinajstić information content (AvgIpc) is 2.99. The quantitative estimate of drug-likeness (QED) is 0.0338. The molecule has 0 aromatic heterocycles. The van der Waals surface area contributed by atoms with Gasteiger partial charge in [-0.15, -0.1) is 0 Å². The van der Waals surface area contributed by atoms with Crippen LogP contribution in [0.4, 0.5) is 0 Å². The SMILES string of the molecule is CCCCCCCCCCCCCC(=O)O[C@@H](COCOCCCCCCCCCCCCCCNC(C)=O)COP(=O)([O-])[O-].[Na+].[Na+]. The topological polar surface area (TPSA) is 146 Å². The molecule has 0 aromatic carbocycles. The molecule has 13 heteroatoms. The van der Waals surface area contributed by atoms with Gasteiger partial charge in [0.25, 0.3) is 0 Å². The molecule has 0 aliphatic carbocycles. The summed E-state index contributed by atoms with van der Waals surface area (Å²) >= 11 is 0. The van der Waals surface area contributed by atoms with Gasteiger partial charge in [-0.2, -0.15) is 0 Å². The summed E-state index contributed by atoms with van der Waals surface area (Å²) in [7, 11) is -5.18. The van der Waals surface area contributed by atoms with E-state index in [4.69, 9.17) is 14.2 Å². The van der Waals surface area contributed by atoms with Crippen LogP contribution in [-0.2, 0) is 32.9 Å². The zero-order valence-electron chi connectivity index (χ0n) is 30.7. The zero-order chi connectivity index (χ0) is 33.3. The predicted molar refractivity (Wildman–Crippen MR) is 175 cm³/mol. The van der Waals surface area contributed by atoms with Gasteiger partial charge in [0, 0.05) is 26.5 Å². The van der Waals surface area contributed by atoms with Crippen molar-refractivity contribution in [3.63, 3.8) is 0 Å². The molecule has 0 saturated heterocycles. The molecule has 1 N–H and O–H groups in total. The molecule has 0 aliphatic heterocycles. The van der Waals surface area contributed by atoms with Gasteiger partial charge in [-0.1, -0.05) is 135 Å². The first-order chi connectivity index (χ1) is 21.7. The molecule has 0 fully saturated rings. The molecule has 1 amide bonds. The van der Waals surface area contributed by atoms with E-state index < -0.39 is 26.5 Å². The Morgan fingerprint density at radius 2 is 1.09 bits per heavy atom. The van der Waals surface area contributed by atoms with Gasteiger partial charge in [-0.05, 0) is 19.3 Å². The van der Waals surface area contributed by atoms with Crippen LogP contribution in [0.1, 0.15) is 168 Å². The molecule has 0 rings (SSSR count). The van der Waals surface area contributed by atoms with E-state index in [1.165, 1.54) is 109 Å². The van der Waals surface area contributed by atoms with E-state index in [1.54, 1.807) is 6.92 Å². The summed E-state index contributed by atoms with van der Waals surface area (Å²) in [6.07, 6.45) is 26.5. The number of carbonyl (C=O) groups is 2. The zero-order valence-corrected chi connectivity index (χ0v) is 35.6. The number of carbonyl (C=O) groups excluding carboxylic acids is 2. The van der Waals surface area contributed by atoms with Crippen LogP contribution in [0, 0.1) is 0 Å². The van der Waals surface area contributed by atoms with Crippen molar-refractivity contribution in [2.75, 3.05) is 33.2 Å². The van der Waals surface area contributed by atoms with E-state index in [2.05, 4.69) is 16.8 Å². The van der Waals surface area contributed by atoms with Crippen LogP contribution in [0.2, 0.25) is 0 Å². The number of unbranched alkanes of at least 4 members (excludes halogenated alkanes) is 21. The number of nitrogens with one attached hydrogen (secondary N) is 1. The van der Waals surface area contributed by atoms with Gasteiger partial charge in [0.05, 0.1) is 21.0 Å². The molecule has 0 aliphatic rings. The number of rotatable bonds is 35. The monoisotopic (exact) mass is 709 g/mol. The van der Waals surface area contributed by atoms with Crippen LogP contribution in [-0.4, -0.2) is 51.1 Å². The molecule has 0 radical (unpaired) electrons. The third-order valence-electron chi connectivity index (χ3n) is 7.76. The first kappa shape index (κ1) is 52.3. The fourth-order valence-corrected chi connectivity index (χ4v) is 5.48. The molecular formula is C34H66NNa2O9P. The maximum absolute atomic E-state index is 12.2. The molecule has 1 atom stereocenters. The second-order valence-electron chi connectivity index (χ2n) is 12.3. The number of ether oxygens (including phenoxy) is 3. The Morgan fingerprint density at radius 1 is 0.638 bits per heavy atom. The Balaban J connectivity index is -0.00000968. The van der Waals surface area contributed by atoms with Crippen LogP contribution in [0.5, 0.6) is 0 Å². The second-order valence-corrected chi connectivity index (χ2v) is 13.4. The Morgan fingerprint density at radius 3 is 1.55 bits per heavy atom. The van der Waals surface area contributed by atoms with E-state index in [-0.39, 0.29) is 84.8 Å². The molecule has 0 unspecified atom stereocenters. The van der Waals surface area contributed by atoms with Gasteiger partial charge in [-0.25, -0.2) is 0 Å². The summed E-state index contributed by atoms with van der Waals surface area (Å²) in [5.41, 5.74) is 0. The summed E-state index contributed by atoms with van der Waals surface area (Å²) in [5.74, 6) is -0.403. The molecular weight excluding hydrogens is 643 g/mol. The number of hydrogen-bond donors (Lipinski definition) is 1. The van der Waals surface area contributed by atoms with Crippen LogP contribution in [0.15, 0.2) is 0 Å². The molecule has 268 valence electrons. The van der Waals surface area contributed by atoms with Crippen molar-refractivity contribution >= 4 is 19.7 Å².